The third kappa shape index (κ3) is 5.15. The number of nitrogens with one attached hydrogen (secondary N) is 1. The molecule has 2 rings (SSSR count). The summed E-state index contributed by atoms with van der Waals surface area (Å²) >= 11 is 5.73. The monoisotopic (exact) mass is 286 g/mol. The number of hydrogen-bond acceptors (Lipinski definition) is 4. The molecule has 2 heterocycles. The molecule has 108 valence electrons. The number of rotatable bonds is 6. The van der Waals surface area contributed by atoms with Gasteiger partial charge >= 0.3 is 0 Å². The van der Waals surface area contributed by atoms with Crippen LogP contribution in [0.5, 0.6) is 0 Å². The smallest absolute Gasteiger partial charge is 0.193 e. The Labute approximate surface area is 119 Å². The summed E-state index contributed by atoms with van der Waals surface area (Å²) in [4.78, 5) is 2.34. The Morgan fingerprint density at radius 2 is 2.21 bits per heavy atom. The lowest BCUT2D eigenvalue weighted by Gasteiger charge is -2.32. The number of piperidine rings is 1. The van der Waals surface area contributed by atoms with Crippen molar-refractivity contribution in [1.82, 2.24) is 10.2 Å². The molecule has 1 aromatic rings. The largest absolute Gasteiger partial charge is 0.448 e. The third-order valence-electron chi connectivity index (χ3n) is 3.59. The molecule has 1 aliphatic heterocycles. The molecule has 0 spiro atoms. The molecule has 0 bridgehead atoms. The van der Waals surface area contributed by atoms with E-state index in [0.717, 1.165) is 44.4 Å². The fourth-order valence-electron chi connectivity index (χ4n) is 2.59. The number of aliphatic hydroxyl groups excluding tert-OH is 1. The van der Waals surface area contributed by atoms with Crippen LogP contribution in [0.1, 0.15) is 25.5 Å². The van der Waals surface area contributed by atoms with Crippen molar-refractivity contribution in [3.05, 3.63) is 23.1 Å². The second kappa shape index (κ2) is 7.29. The minimum absolute atomic E-state index is 0.224. The van der Waals surface area contributed by atoms with Gasteiger partial charge in [0, 0.05) is 6.54 Å². The second-order valence-corrected chi connectivity index (χ2v) is 5.80. The Bertz CT molecular complexity index is 373. The van der Waals surface area contributed by atoms with Crippen molar-refractivity contribution in [2.24, 2.45) is 5.92 Å². The van der Waals surface area contributed by atoms with Crippen LogP contribution in [0, 0.1) is 5.92 Å². The van der Waals surface area contributed by atoms with Gasteiger partial charge < -0.3 is 19.7 Å². The highest BCUT2D eigenvalue weighted by molar-refractivity contribution is 6.28. The maximum absolute atomic E-state index is 9.36. The molecule has 0 saturated carbocycles. The van der Waals surface area contributed by atoms with Gasteiger partial charge in [0.1, 0.15) is 5.76 Å². The van der Waals surface area contributed by atoms with Crippen LogP contribution >= 0.6 is 11.6 Å². The van der Waals surface area contributed by atoms with Crippen molar-refractivity contribution >= 4 is 11.6 Å². The van der Waals surface area contributed by atoms with Crippen LogP contribution in [0.25, 0.3) is 0 Å². The molecular formula is C14H23ClN2O2. The van der Waals surface area contributed by atoms with E-state index in [0.29, 0.717) is 5.22 Å². The quantitative estimate of drug-likeness (QED) is 0.841. The molecule has 2 N–H and O–H groups in total. The highest BCUT2D eigenvalue weighted by Crippen LogP contribution is 2.17. The van der Waals surface area contributed by atoms with Crippen LogP contribution in [0.15, 0.2) is 16.5 Å². The lowest BCUT2D eigenvalue weighted by molar-refractivity contribution is 0.0997. The van der Waals surface area contributed by atoms with Crippen molar-refractivity contribution in [3.63, 3.8) is 0 Å². The first-order valence-electron chi connectivity index (χ1n) is 6.99. The Kier molecular flexibility index (Phi) is 5.70. The van der Waals surface area contributed by atoms with E-state index in [1.165, 1.54) is 12.8 Å². The van der Waals surface area contributed by atoms with Gasteiger partial charge in [-0.3, -0.25) is 0 Å². The van der Waals surface area contributed by atoms with E-state index in [1.54, 1.807) is 6.07 Å². The average Bonchev–Trinajstić information content (AvgIpc) is 2.77. The molecule has 19 heavy (non-hydrogen) atoms. The van der Waals surface area contributed by atoms with Gasteiger partial charge in [0.2, 0.25) is 0 Å². The maximum atomic E-state index is 9.36. The highest BCUT2D eigenvalue weighted by Gasteiger charge is 2.19. The lowest BCUT2D eigenvalue weighted by Crippen LogP contribution is -2.40. The minimum Gasteiger partial charge on any atom is -0.448 e. The summed E-state index contributed by atoms with van der Waals surface area (Å²) in [6, 6.07) is 3.67. The normalized spacial score (nSPS) is 19.7. The molecule has 1 aromatic heterocycles. The minimum atomic E-state index is -0.224. The number of aliphatic hydroxyl groups is 1. The number of halogens is 1. The first kappa shape index (κ1) is 14.9. The zero-order chi connectivity index (χ0) is 13.7. The van der Waals surface area contributed by atoms with Gasteiger partial charge in [0.25, 0.3) is 0 Å². The molecule has 0 radical (unpaired) electrons. The highest BCUT2D eigenvalue weighted by atomic mass is 35.5. The summed E-state index contributed by atoms with van der Waals surface area (Å²) in [5.41, 5.74) is 0. The van der Waals surface area contributed by atoms with Crippen molar-refractivity contribution in [2.45, 2.75) is 32.4 Å². The van der Waals surface area contributed by atoms with Crippen molar-refractivity contribution in [2.75, 3.05) is 26.2 Å². The summed E-state index contributed by atoms with van der Waals surface area (Å²) < 4.78 is 5.30. The van der Waals surface area contributed by atoms with E-state index in [1.807, 2.05) is 13.0 Å². The van der Waals surface area contributed by atoms with Crippen LogP contribution < -0.4 is 5.32 Å². The first-order chi connectivity index (χ1) is 9.13. The number of furan rings is 1. The zero-order valence-corrected chi connectivity index (χ0v) is 12.2. The molecule has 4 nitrogen and oxygen atoms in total. The van der Waals surface area contributed by atoms with Gasteiger partial charge in [0.15, 0.2) is 5.22 Å². The van der Waals surface area contributed by atoms with Crippen LogP contribution in [-0.2, 0) is 6.54 Å². The van der Waals surface area contributed by atoms with Crippen LogP contribution in [-0.4, -0.2) is 42.3 Å². The molecule has 0 amide bonds. The van der Waals surface area contributed by atoms with E-state index in [4.69, 9.17) is 16.0 Å². The number of likely N-dealkylation sites (tertiary alicyclic amines) is 1. The molecule has 0 aromatic carbocycles. The van der Waals surface area contributed by atoms with Crippen molar-refractivity contribution < 1.29 is 9.52 Å². The van der Waals surface area contributed by atoms with Gasteiger partial charge in [-0.1, -0.05) is 0 Å². The fourth-order valence-corrected chi connectivity index (χ4v) is 2.76. The summed E-state index contributed by atoms with van der Waals surface area (Å²) in [5.74, 6) is 1.60. The van der Waals surface area contributed by atoms with E-state index in [2.05, 4.69) is 10.2 Å². The third-order valence-corrected chi connectivity index (χ3v) is 3.79. The predicted molar refractivity (Wildman–Crippen MR) is 76.3 cm³/mol. The lowest BCUT2D eigenvalue weighted by atomic mass is 9.96. The Balaban J connectivity index is 1.60. The molecule has 1 aliphatic rings. The molecule has 1 atom stereocenters. The van der Waals surface area contributed by atoms with Gasteiger partial charge in [0.05, 0.1) is 12.6 Å². The van der Waals surface area contributed by atoms with E-state index < -0.39 is 0 Å². The van der Waals surface area contributed by atoms with Gasteiger partial charge in [-0.05, 0) is 69.1 Å². The van der Waals surface area contributed by atoms with Crippen LogP contribution in [0.2, 0.25) is 5.22 Å². The number of hydrogen-bond donors (Lipinski definition) is 2. The molecule has 1 fully saturated rings. The van der Waals surface area contributed by atoms with Gasteiger partial charge in [-0.15, -0.1) is 0 Å². The van der Waals surface area contributed by atoms with Crippen LogP contribution in [0.4, 0.5) is 0 Å². The summed E-state index contributed by atoms with van der Waals surface area (Å²) in [5, 5.41) is 13.2. The summed E-state index contributed by atoms with van der Waals surface area (Å²) in [6.07, 6.45) is 2.16. The Morgan fingerprint density at radius 1 is 1.47 bits per heavy atom. The molecular weight excluding hydrogens is 264 g/mol. The van der Waals surface area contributed by atoms with Crippen LogP contribution in [0.3, 0.4) is 0 Å². The van der Waals surface area contributed by atoms with E-state index in [-0.39, 0.29) is 6.10 Å². The van der Waals surface area contributed by atoms with Gasteiger partial charge in [-0.25, -0.2) is 0 Å². The van der Waals surface area contributed by atoms with Gasteiger partial charge in [-0.2, -0.15) is 0 Å². The zero-order valence-electron chi connectivity index (χ0n) is 11.4. The van der Waals surface area contributed by atoms with Crippen molar-refractivity contribution in [3.8, 4) is 0 Å². The molecule has 1 saturated heterocycles. The van der Waals surface area contributed by atoms with E-state index in [9.17, 15) is 5.11 Å². The maximum Gasteiger partial charge on any atom is 0.193 e. The standard InChI is InChI=1S/C14H23ClN2O2/c1-11(18)10-17-6-4-12(5-7-17)8-16-9-13-2-3-14(15)19-13/h2-3,11-12,16,18H,4-10H2,1H3/t11-/m1/s1. The second-order valence-electron chi connectivity index (χ2n) is 5.43. The van der Waals surface area contributed by atoms with E-state index >= 15 is 0 Å². The average molecular weight is 287 g/mol. The topological polar surface area (TPSA) is 48.6 Å². The first-order valence-corrected chi connectivity index (χ1v) is 7.36. The SMILES string of the molecule is C[C@@H](O)CN1CCC(CNCc2ccc(Cl)o2)CC1. The summed E-state index contributed by atoms with van der Waals surface area (Å²) in [6.45, 7) is 6.57. The Hall–Kier alpha value is -0.550. The molecule has 5 heteroatoms. The van der Waals surface area contributed by atoms with Crippen molar-refractivity contribution in [1.29, 1.82) is 0 Å². The number of nitrogens with zero attached hydrogens (tertiary/aromatic N) is 1. The Morgan fingerprint density at radius 3 is 2.79 bits per heavy atom. The summed E-state index contributed by atoms with van der Waals surface area (Å²) in [7, 11) is 0. The number of β-amino-alcohol motifs (C(OH)–C–C–N with tert-alkyl or cyclic N) is 1. The molecule has 0 unspecified atom stereocenters. The predicted octanol–water partition coefficient (Wildman–Crippen LogP) is 2.12. The molecule has 0 aliphatic carbocycles. The fraction of sp³-hybridized carbons (Fsp3) is 0.714.